The molecule has 1 saturated heterocycles. The summed E-state index contributed by atoms with van der Waals surface area (Å²) >= 11 is 0. The molecule has 1 amide bonds. The van der Waals surface area contributed by atoms with Gasteiger partial charge in [0.1, 0.15) is 5.82 Å². The second kappa shape index (κ2) is 6.87. The summed E-state index contributed by atoms with van der Waals surface area (Å²) in [4.78, 5) is 14.5. The Hall–Kier alpha value is -1.38. The maximum Gasteiger partial charge on any atom is 0.254 e. The van der Waals surface area contributed by atoms with E-state index in [2.05, 4.69) is 13.8 Å². The molecule has 110 valence electrons. The molecule has 0 spiro atoms. The van der Waals surface area contributed by atoms with Crippen LogP contribution in [-0.2, 0) is 0 Å². The number of benzene rings is 1. The molecular weight excluding hydrogens is 253 g/mol. The van der Waals surface area contributed by atoms with Crippen LogP contribution in [0.4, 0.5) is 4.39 Å². The minimum atomic E-state index is -0.295. The highest BCUT2D eigenvalue weighted by atomic mass is 19.1. The van der Waals surface area contributed by atoms with E-state index < -0.39 is 0 Å². The number of likely N-dealkylation sites (tertiary alicyclic amines) is 1. The van der Waals surface area contributed by atoms with Gasteiger partial charge in [-0.05, 0) is 49.4 Å². The number of nitrogens with zero attached hydrogens (tertiary/aromatic N) is 1. The summed E-state index contributed by atoms with van der Waals surface area (Å²) in [7, 11) is 0. The summed E-state index contributed by atoms with van der Waals surface area (Å²) in [6, 6.07) is 6.25. The molecule has 1 fully saturated rings. The van der Waals surface area contributed by atoms with E-state index in [1.165, 1.54) is 25.0 Å². The lowest BCUT2D eigenvalue weighted by atomic mass is 9.95. The van der Waals surface area contributed by atoms with E-state index >= 15 is 0 Å². The molecule has 20 heavy (non-hydrogen) atoms. The van der Waals surface area contributed by atoms with E-state index in [1.807, 2.05) is 4.90 Å². The normalized spacial score (nSPS) is 20.1. The van der Waals surface area contributed by atoms with E-state index in [-0.39, 0.29) is 11.7 Å². The Morgan fingerprint density at radius 1 is 1.40 bits per heavy atom. The van der Waals surface area contributed by atoms with Crippen molar-refractivity contribution in [2.45, 2.75) is 52.0 Å². The van der Waals surface area contributed by atoms with Gasteiger partial charge in [-0.1, -0.05) is 26.7 Å². The number of carbonyl (C=O) groups is 1. The number of halogens is 1. The van der Waals surface area contributed by atoms with Gasteiger partial charge in [0.05, 0.1) is 0 Å². The third kappa shape index (κ3) is 3.59. The fourth-order valence-electron chi connectivity index (χ4n) is 3.18. The third-order valence-corrected chi connectivity index (χ3v) is 4.19. The molecular formula is C17H24FNO. The van der Waals surface area contributed by atoms with Crippen LogP contribution in [0.15, 0.2) is 24.3 Å². The van der Waals surface area contributed by atoms with Crippen LogP contribution in [-0.4, -0.2) is 23.4 Å². The lowest BCUT2D eigenvalue weighted by Gasteiger charge is -2.27. The maximum atomic E-state index is 12.9. The van der Waals surface area contributed by atoms with E-state index in [1.54, 1.807) is 12.1 Å². The Bertz CT molecular complexity index is 443. The second-order valence-corrected chi connectivity index (χ2v) is 5.93. The lowest BCUT2D eigenvalue weighted by molar-refractivity contribution is 0.0718. The molecule has 0 saturated carbocycles. The van der Waals surface area contributed by atoms with Crippen molar-refractivity contribution >= 4 is 5.91 Å². The largest absolute Gasteiger partial charge is 0.336 e. The molecule has 1 aliphatic heterocycles. The average Bonchev–Trinajstić information content (AvgIpc) is 2.87. The fourth-order valence-corrected chi connectivity index (χ4v) is 3.18. The zero-order valence-corrected chi connectivity index (χ0v) is 12.4. The average molecular weight is 277 g/mol. The number of rotatable bonds is 5. The smallest absolute Gasteiger partial charge is 0.254 e. The predicted molar refractivity (Wildman–Crippen MR) is 79.1 cm³/mol. The van der Waals surface area contributed by atoms with Gasteiger partial charge in [0.2, 0.25) is 0 Å². The molecule has 0 radical (unpaired) electrons. The van der Waals surface area contributed by atoms with Gasteiger partial charge in [-0.2, -0.15) is 0 Å². The molecule has 1 aromatic rings. The summed E-state index contributed by atoms with van der Waals surface area (Å²) in [5, 5.41) is 0. The molecule has 2 nitrogen and oxygen atoms in total. The highest BCUT2D eigenvalue weighted by Gasteiger charge is 2.30. The van der Waals surface area contributed by atoms with Crippen molar-refractivity contribution in [3.05, 3.63) is 35.6 Å². The Balaban J connectivity index is 2.02. The standard InChI is InChI=1S/C17H24FNO/c1-3-5-13(2)12-16-6-4-11-19(16)17(20)14-7-9-15(18)10-8-14/h7-10,13,16H,3-6,11-12H2,1-2H3. The molecule has 2 atom stereocenters. The first kappa shape index (κ1) is 15.0. The van der Waals surface area contributed by atoms with Crippen LogP contribution in [0.5, 0.6) is 0 Å². The highest BCUT2D eigenvalue weighted by Crippen LogP contribution is 2.26. The first-order chi connectivity index (χ1) is 9.61. The van der Waals surface area contributed by atoms with Crippen molar-refractivity contribution in [2.24, 2.45) is 5.92 Å². The van der Waals surface area contributed by atoms with Crippen molar-refractivity contribution in [3.8, 4) is 0 Å². The van der Waals surface area contributed by atoms with E-state index in [9.17, 15) is 9.18 Å². The van der Waals surface area contributed by atoms with Crippen LogP contribution in [0.25, 0.3) is 0 Å². The van der Waals surface area contributed by atoms with Crippen LogP contribution in [0, 0.1) is 11.7 Å². The lowest BCUT2D eigenvalue weighted by Crippen LogP contribution is -2.36. The summed E-state index contributed by atoms with van der Waals surface area (Å²) < 4.78 is 12.9. The first-order valence-corrected chi connectivity index (χ1v) is 7.68. The van der Waals surface area contributed by atoms with Gasteiger partial charge in [-0.25, -0.2) is 4.39 Å². The van der Waals surface area contributed by atoms with Crippen LogP contribution in [0.1, 0.15) is 56.3 Å². The number of hydrogen-bond donors (Lipinski definition) is 0. The Kier molecular flexibility index (Phi) is 5.16. The SMILES string of the molecule is CCCC(C)CC1CCCN1C(=O)c1ccc(F)cc1. The predicted octanol–water partition coefficient (Wildman–Crippen LogP) is 4.26. The molecule has 1 heterocycles. The first-order valence-electron chi connectivity index (χ1n) is 7.68. The fraction of sp³-hybridized carbons (Fsp3) is 0.588. The number of amides is 1. The van der Waals surface area contributed by atoms with Crippen molar-refractivity contribution in [2.75, 3.05) is 6.54 Å². The molecule has 2 unspecified atom stereocenters. The Morgan fingerprint density at radius 2 is 2.10 bits per heavy atom. The summed E-state index contributed by atoms with van der Waals surface area (Å²) in [5.41, 5.74) is 0.599. The molecule has 1 aromatic carbocycles. The minimum Gasteiger partial charge on any atom is -0.336 e. The van der Waals surface area contributed by atoms with Gasteiger partial charge in [0.15, 0.2) is 0 Å². The van der Waals surface area contributed by atoms with Crippen LogP contribution in [0.3, 0.4) is 0 Å². The zero-order valence-electron chi connectivity index (χ0n) is 12.4. The molecule has 0 aromatic heterocycles. The molecule has 1 aliphatic rings. The summed E-state index contributed by atoms with van der Waals surface area (Å²) in [6.45, 7) is 5.30. The Labute approximate surface area is 121 Å². The van der Waals surface area contributed by atoms with Crippen molar-refractivity contribution in [1.82, 2.24) is 4.90 Å². The van der Waals surface area contributed by atoms with Crippen LogP contribution < -0.4 is 0 Å². The molecule has 2 rings (SSSR count). The van der Waals surface area contributed by atoms with Crippen LogP contribution in [0.2, 0.25) is 0 Å². The van der Waals surface area contributed by atoms with Gasteiger partial charge < -0.3 is 4.90 Å². The molecule has 0 N–H and O–H groups in total. The number of carbonyl (C=O) groups excluding carboxylic acids is 1. The monoisotopic (exact) mass is 277 g/mol. The van der Waals surface area contributed by atoms with Crippen molar-refractivity contribution < 1.29 is 9.18 Å². The zero-order chi connectivity index (χ0) is 14.5. The van der Waals surface area contributed by atoms with Crippen molar-refractivity contribution in [3.63, 3.8) is 0 Å². The molecule has 0 bridgehead atoms. The van der Waals surface area contributed by atoms with Gasteiger partial charge in [0, 0.05) is 18.2 Å². The van der Waals surface area contributed by atoms with Gasteiger partial charge >= 0.3 is 0 Å². The van der Waals surface area contributed by atoms with E-state index in [0.717, 1.165) is 25.8 Å². The summed E-state index contributed by atoms with van der Waals surface area (Å²) in [6.07, 6.45) is 5.67. The van der Waals surface area contributed by atoms with Gasteiger partial charge in [0.25, 0.3) is 5.91 Å². The number of hydrogen-bond acceptors (Lipinski definition) is 1. The van der Waals surface area contributed by atoms with Crippen LogP contribution >= 0.6 is 0 Å². The quantitative estimate of drug-likeness (QED) is 0.787. The summed E-state index contributed by atoms with van der Waals surface area (Å²) in [5.74, 6) is 0.416. The van der Waals surface area contributed by atoms with Crippen molar-refractivity contribution in [1.29, 1.82) is 0 Å². The molecule has 0 aliphatic carbocycles. The maximum absolute atomic E-state index is 12.9. The third-order valence-electron chi connectivity index (χ3n) is 4.19. The Morgan fingerprint density at radius 3 is 2.75 bits per heavy atom. The highest BCUT2D eigenvalue weighted by molar-refractivity contribution is 5.94. The minimum absolute atomic E-state index is 0.0520. The van der Waals surface area contributed by atoms with E-state index in [4.69, 9.17) is 0 Å². The van der Waals surface area contributed by atoms with Gasteiger partial charge in [-0.3, -0.25) is 4.79 Å². The van der Waals surface area contributed by atoms with E-state index in [0.29, 0.717) is 17.5 Å². The second-order valence-electron chi connectivity index (χ2n) is 5.93. The van der Waals surface area contributed by atoms with Gasteiger partial charge in [-0.15, -0.1) is 0 Å². The topological polar surface area (TPSA) is 20.3 Å². The molecule has 3 heteroatoms.